The molecular formula is C13H11N3OS. The van der Waals surface area contributed by atoms with Gasteiger partial charge in [0, 0.05) is 18.0 Å². The van der Waals surface area contributed by atoms with Crippen LogP contribution in [0.3, 0.4) is 0 Å². The number of para-hydroxylation sites is 1. The van der Waals surface area contributed by atoms with Gasteiger partial charge in [-0.15, -0.1) is 11.3 Å². The molecule has 0 aliphatic heterocycles. The molecule has 0 radical (unpaired) electrons. The average Bonchev–Trinajstić information content (AvgIpc) is 3.08. The van der Waals surface area contributed by atoms with Crippen LogP contribution in [-0.4, -0.2) is 19.9 Å². The van der Waals surface area contributed by atoms with Gasteiger partial charge < -0.3 is 5.11 Å². The van der Waals surface area contributed by atoms with Gasteiger partial charge in [0.05, 0.1) is 23.4 Å². The van der Waals surface area contributed by atoms with Crippen LogP contribution in [0, 0.1) is 0 Å². The van der Waals surface area contributed by atoms with Gasteiger partial charge in [-0.05, 0) is 12.1 Å². The number of thiazole rings is 1. The van der Waals surface area contributed by atoms with Crippen molar-refractivity contribution in [2.45, 2.75) is 6.61 Å². The van der Waals surface area contributed by atoms with E-state index in [0.717, 1.165) is 21.1 Å². The second-order valence-corrected chi connectivity index (χ2v) is 4.91. The van der Waals surface area contributed by atoms with Gasteiger partial charge in [0.1, 0.15) is 5.01 Å². The van der Waals surface area contributed by atoms with Gasteiger partial charge in [0.15, 0.2) is 0 Å². The molecule has 1 aromatic carbocycles. The Bertz CT molecular complexity index is 645. The Hall–Kier alpha value is -1.98. The standard InChI is InChI=1S/C13H11N3OS/c17-9-12-7-14-13(18-12)10-6-15-16(8-10)11-4-2-1-3-5-11/h1-8,17H,9H2. The SMILES string of the molecule is OCc1cnc(-c2cnn(-c3ccccc3)c2)s1. The van der Waals surface area contributed by atoms with E-state index in [4.69, 9.17) is 5.11 Å². The highest BCUT2D eigenvalue weighted by molar-refractivity contribution is 7.15. The molecule has 0 fully saturated rings. The lowest BCUT2D eigenvalue weighted by Crippen LogP contribution is -1.92. The van der Waals surface area contributed by atoms with E-state index in [2.05, 4.69) is 10.1 Å². The average molecular weight is 257 g/mol. The third-order valence-corrected chi connectivity index (χ3v) is 3.59. The maximum absolute atomic E-state index is 9.03. The van der Waals surface area contributed by atoms with Crippen LogP contribution in [0.15, 0.2) is 48.9 Å². The number of hydrogen-bond donors (Lipinski definition) is 1. The maximum Gasteiger partial charge on any atom is 0.126 e. The Kier molecular flexibility index (Phi) is 2.92. The molecule has 1 N–H and O–H groups in total. The smallest absolute Gasteiger partial charge is 0.126 e. The first kappa shape index (κ1) is 11.1. The molecule has 90 valence electrons. The molecule has 0 unspecified atom stereocenters. The van der Waals surface area contributed by atoms with Gasteiger partial charge in [-0.25, -0.2) is 9.67 Å². The minimum Gasteiger partial charge on any atom is -0.391 e. The van der Waals surface area contributed by atoms with Crippen LogP contribution in [0.1, 0.15) is 4.88 Å². The molecule has 18 heavy (non-hydrogen) atoms. The van der Waals surface area contributed by atoms with Crippen LogP contribution in [-0.2, 0) is 6.61 Å². The summed E-state index contributed by atoms with van der Waals surface area (Å²) >= 11 is 1.48. The molecule has 3 rings (SSSR count). The molecule has 3 aromatic rings. The van der Waals surface area contributed by atoms with Gasteiger partial charge in [0.2, 0.25) is 0 Å². The van der Waals surface area contributed by atoms with Crippen molar-refractivity contribution in [3.05, 3.63) is 53.8 Å². The van der Waals surface area contributed by atoms with E-state index in [9.17, 15) is 0 Å². The van der Waals surface area contributed by atoms with E-state index in [1.807, 2.05) is 41.2 Å². The minimum atomic E-state index is 0.0322. The Morgan fingerprint density at radius 1 is 1.17 bits per heavy atom. The number of hydrogen-bond acceptors (Lipinski definition) is 4. The van der Waals surface area contributed by atoms with Crippen LogP contribution >= 0.6 is 11.3 Å². The summed E-state index contributed by atoms with van der Waals surface area (Å²) in [4.78, 5) is 5.13. The largest absolute Gasteiger partial charge is 0.391 e. The Labute approximate surface area is 108 Å². The fourth-order valence-corrected chi connectivity index (χ4v) is 2.42. The van der Waals surface area contributed by atoms with Crippen LogP contribution in [0.25, 0.3) is 16.3 Å². The maximum atomic E-state index is 9.03. The Balaban J connectivity index is 1.94. The van der Waals surface area contributed by atoms with Crippen molar-refractivity contribution in [2.24, 2.45) is 0 Å². The molecule has 0 spiro atoms. The molecule has 5 heteroatoms. The molecular weight excluding hydrogens is 246 g/mol. The lowest BCUT2D eigenvalue weighted by atomic mass is 10.3. The van der Waals surface area contributed by atoms with E-state index < -0.39 is 0 Å². The number of aliphatic hydroxyl groups is 1. The van der Waals surface area contributed by atoms with Crippen molar-refractivity contribution < 1.29 is 5.11 Å². The summed E-state index contributed by atoms with van der Waals surface area (Å²) in [7, 11) is 0. The predicted octanol–water partition coefficient (Wildman–Crippen LogP) is 2.49. The predicted molar refractivity (Wildman–Crippen MR) is 70.6 cm³/mol. The molecule has 0 saturated carbocycles. The van der Waals surface area contributed by atoms with Crippen LogP contribution in [0.2, 0.25) is 0 Å². The second kappa shape index (κ2) is 4.72. The number of benzene rings is 1. The first-order valence-corrected chi connectivity index (χ1v) is 6.34. The quantitative estimate of drug-likeness (QED) is 0.784. The second-order valence-electron chi connectivity index (χ2n) is 3.80. The number of rotatable bonds is 3. The van der Waals surface area contributed by atoms with E-state index in [1.54, 1.807) is 12.4 Å². The highest BCUT2D eigenvalue weighted by Gasteiger charge is 2.07. The molecule has 2 aromatic heterocycles. The van der Waals surface area contributed by atoms with Crippen molar-refractivity contribution in [1.82, 2.24) is 14.8 Å². The minimum absolute atomic E-state index is 0.0322. The third kappa shape index (κ3) is 2.05. The van der Waals surface area contributed by atoms with E-state index in [-0.39, 0.29) is 6.61 Å². The van der Waals surface area contributed by atoms with Gasteiger partial charge in [-0.1, -0.05) is 18.2 Å². The zero-order valence-corrected chi connectivity index (χ0v) is 10.3. The first-order chi connectivity index (χ1) is 8.86. The molecule has 0 bridgehead atoms. The number of nitrogens with zero attached hydrogens (tertiary/aromatic N) is 3. The monoisotopic (exact) mass is 257 g/mol. The molecule has 2 heterocycles. The molecule has 0 amide bonds. The van der Waals surface area contributed by atoms with Gasteiger partial charge in [0.25, 0.3) is 0 Å². The zero-order chi connectivity index (χ0) is 12.4. The summed E-state index contributed by atoms with van der Waals surface area (Å²) in [5.74, 6) is 0. The summed E-state index contributed by atoms with van der Waals surface area (Å²) in [5.41, 5.74) is 1.98. The summed E-state index contributed by atoms with van der Waals surface area (Å²) in [6.45, 7) is 0.0322. The third-order valence-electron chi connectivity index (χ3n) is 2.56. The lowest BCUT2D eigenvalue weighted by Gasteiger charge is -1.98. The van der Waals surface area contributed by atoms with Crippen LogP contribution in [0.5, 0.6) is 0 Å². The summed E-state index contributed by atoms with van der Waals surface area (Å²) in [5, 5.41) is 14.2. The van der Waals surface area contributed by atoms with E-state index in [1.165, 1.54) is 11.3 Å². The van der Waals surface area contributed by atoms with Crippen LogP contribution < -0.4 is 0 Å². The van der Waals surface area contributed by atoms with Gasteiger partial charge in [-0.3, -0.25) is 0 Å². The zero-order valence-electron chi connectivity index (χ0n) is 9.52. The van der Waals surface area contributed by atoms with Gasteiger partial charge in [-0.2, -0.15) is 5.10 Å². The normalized spacial score (nSPS) is 10.7. The molecule has 0 aliphatic carbocycles. The highest BCUT2D eigenvalue weighted by Crippen LogP contribution is 2.25. The molecule has 0 aliphatic rings. The molecule has 0 saturated heterocycles. The van der Waals surface area contributed by atoms with Crippen molar-refractivity contribution >= 4 is 11.3 Å². The van der Waals surface area contributed by atoms with E-state index in [0.29, 0.717) is 0 Å². The Morgan fingerprint density at radius 3 is 2.72 bits per heavy atom. The molecule has 0 atom stereocenters. The van der Waals surface area contributed by atoms with Crippen LogP contribution in [0.4, 0.5) is 0 Å². The number of aromatic nitrogens is 3. The van der Waals surface area contributed by atoms with Gasteiger partial charge >= 0.3 is 0 Å². The summed E-state index contributed by atoms with van der Waals surface area (Å²) < 4.78 is 1.81. The van der Waals surface area contributed by atoms with Crippen molar-refractivity contribution in [3.63, 3.8) is 0 Å². The molecule has 4 nitrogen and oxygen atoms in total. The fraction of sp³-hybridized carbons (Fsp3) is 0.0769. The summed E-state index contributed by atoms with van der Waals surface area (Å²) in [6, 6.07) is 9.92. The van der Waals surface area contributed by atoms with Crippen molar-refractivity contribution in [2.75, 3.05) is 0 Å². The fourth-order valence-electron chi connectivity index (χ4n) is 1.67. The topological polar surface area (TPSA) is 50.9 Å². The highest BCUT2D eigenvalue weighted by atomic mass is 32.1. The van der Waals surface area contributed by atoms with Crippen molar-refractivity contribution in [3.8, 4) is 16.3 Å². The van der Waals surface area contributed by atoms with Crippen molar-refractivity contribution in [1.29, 1.82) is 0 Å². The number of aliphatic hydroxyl groups excluding tert-OH is 1. The Morgan fingerprint density at radius 2 is 2.00 bits per heavy atom. The van der Waals surface area contributed by atoms with E-state index >= 15 is 0 Å². The first-order valence-electron chi connectivity index (χ1n) is 5.53. The summed E-state index contributed by atoms with van der Waals surface area (Å²) in [6.07, 6.45) is 5.42. The lowest BCUT2D eigenvalue weighted by molar-refractivity contribution is 0.285.